The Hall–Kier alpha value is -0.750. The van der Waals surface area contributed by atoms with Gasteiger partial charge in [0.05, 0.1) is 15.7 Å². The van der Waals surface area contributed by atoms with Gasteiger partial charge in [-0.3, -0.25) is 4.21 Å². The number of thioether (sulfide) groups is 1. The van der Waals surface area contributed by atoms with Gasteiger partial charge in [-0.15, -0.1) is 11.8 Å². The molecule has 1 aromatic rings. The highest BCUT2D eigenvalue weighted by molar-refractivity contribution is 8.03. The van der Waals surface area contributed by atoms with Crippen molar-refractivity contribution in [2.75, 3.05) is 5.75 Å². The van der Waals surface area contributed by atoms with Crippen molar-refractivity contribution in [1.29, 1.82) is 0 Å². The van der Waals surface area contributed by atoms with Crippen molar-refractivity contribution in [2.24, 2.45) is 5.92 Å². The molecule has 3 rings (SSSR count). The zero-order valence-corrected chi connectivity index (χ0v) is 13.8. The Morgan fingerprint density at radius 1 is 1.32 bits per heavy atom. The largest absolute Gasteiger partial charge is 0.421 e. The Labute approximate surface area is 134 Å². The zero-order valence-electron chi connectivity index (χ0n) is 12.2. The normalized spacial score (nSPS) is 23.5. The minimum atomic E-state index is -4.26. The first-order valence-electron chi connectivity index (χ1n) is 7.27. The molecule has 1 saturated carbocycles. The molecule has 22 heavy (non-hydrogen) atoms. The van der Waals surface area contributed by atoms with Gasteiger partial charge in [0.1, 0.15) is 0 Å². The van der Waals surface area contributed by atoms with Crippen molar-refractivity contribution in [3.8, 4) is 0 Å². The predicted octanol–water partition coefficient (Wildman–Crippen LogP) is 5.14. The smallest absolute Gasteiger partial charge is 0.254 e. The minimum absolute atomic E-state index is 0.228. The maximum atomic E-state index is 12.7. The SMILES string of the molecule is Cc1ccc(C2CC=C(C(F)(F)F)S2)cc1S(=O)CC1CC1. The van der Waals surface area contributed by atoms with Crippen LogP contribution in [0.15, 0.2) is 34.1 Å². The van der Waals surface area contributed by atoms with E-state index in [1.165, 1.54) is 6.08 Å². The second-order valence-electron chi connectivity index (χ2n) is 5.89. The lowest BCUT2D eigenvalue weighted by atomic mass is 10.1. The molecule has 1 fully saturated rings. The van der Waals surface area contributed by atoms with Crippen molar-refractivity contribution >= 4 is 22.6 Å². The fourth-order valence-electron chi connectivity index (χ4n) is 2.50. The monoisotopic (exact) mass is 346 g/mol. The first-order chi connectivity index (χ1) is 10.3. The van der Waals surface area contributed by atoms with E-state index in [-0.39, 0.29) is 5.25 Å². The fraction of sp³-hybridized carbons (Fsp3) is 0.500. The number of allylic oxidation sites excluding steroid dienone is 2. The van der Waals surface area contributed by atoms with Crippen molar-refractivity contribution < 1.29 is 17.4 Å². The van der Waals surface area contributed by atoms with Crippen molar-refractivity contribution in [3.63, 3.8) is 0 Å². The molecule has 120 valence electrons. The van der Waals surface area contributed by atoms with Gasteiger partial charge < -0.3 is 0 Å². The molecule has 1 heterocycles. The van der Waals surface area contributed by atoms with Crippen LogP contribution in [0.5, 0.6) is 0 Å². The van der Waals surface area contributed by atoms with Crippen LogP contribution in [0.25, 0.3) is 0 Å². The Bertz CT molecular complexity index is 633. The summed E-state index contributed by atoms with van der Waals surface area (Å²) in [5.74, 6) is 1.23. The number of benzene rings is 1. The van der Waals surface area contributed by atoms with Crippen LogP contribution in [0.2, 0.25) is 0 Å². The lowest BCUT2D eigenvalue weighted by molar-refractivity contribution is -0.0835. The van der Waals surface area contributed by atoms with Gasteiger partial charge in [0.15, 0.2) is 0 Å². The average molecular weight is 346 g/mol. The van der Waals surface area contributed by atoms with Gasteiger partial charge in [-0.1, -0.05) is 18.2 Å². The van der Waals surface area contributed by atoms with Gasteiger partial charge in [0.2, 0.25) is 0 Å². The van der Waals surface area contributed by atoms with Crippen molar-refractivity contribution in [1.82, 2.24) is 0 Å². The summed E-state index contributed by atoms with van der Waals surface area (Å²) in [7, 11) is -1.05. The van der Waals surface area contributed by atoms with Crippen LogP contribution >= 0.6 is 11.8 Å². The number of rotatable bonds is 4. The van der Waals surface area contributed by atoms with Gasteiger partial charge >= 0.3 is 6.18 Å². The van der Waals surface area contributed by atoms with E-state index in [1.807, 2.05) is 25.1 Å². The van der Waals surface area contributed by atoms with Gasteiger partial charge in [-0.25, -0.2) is 0 Å². The quantitative estimate of drug-likeness (QED) is 0.751. The summed E-state index contributed by atoms with van der Waals surface area (Å²) >= 11 is 0.860. The highest BCUT2D eigenvalue weighted by Crippen LogP contribution is 2.50. The second-order valence-corrected chi connectivity index (χ2v) is 8.60. The first-order valence-corrected chi connectivity index (χ1v) is 9.47. The summed E-state index contributed by atoms with van der Waals surface area (Å²) in [5, 5.41) is -0.228. The summed E-state index contributed by atoms with van der Waals surface area (Å²) in [6, 6.07) is 5.58. The van der Waals surface area contributed by atoms with Gasteiger partial charge in [-0.2, -0.15) is 13.2 Å². The van der Waals surface area contributed by atoms with Crippen LogP contribution < -0.4 is 0 Å². The molecule has 2 aliphatic rings. The van der Waals surface area contributed by atoms with E-state index in [0.717, 1.165) is 40.6 Å². The van der Waals surface area contributed by atoms with E-state index in [2.05, 4.69) is 0 Å². The van der Waals surface area contributed by atoms with Crippen LogP contribution in [0.4, 0.5) is 13.2 Å². The molecule has 0 spiro atoms. The first kappa shape index (κ1) is 16.1. The molecule has 2 unspecified atom stereocenters. The molecule has 0 bridgehead atoms. The van der Waals surface area contributed by atoms with Crippen LogP contribution in [0.1, 0.15) is 35.6 Å². The number of aryl methyl sites for hydroxylation is 1. The average Bonchev–Trinajstić information content (AvgIpc) is 3.10. The maximum absolute atomic E-state index is 12.7. The number of alkyl halides is 3. The summed E-state index contributed by atoms with van der Waals surface area (Å²) in [4.78, 5) is 0.268. The van der Waals surface area contributed by atoms with E-state index in [1.54, 1.807) is 0 Å². The van der Waals surface area contributed by atoms with E-state index in [9.17, 15) is 17.4 Å². The zero-order chi connectivity index (χ0) is 15.9. The third-order valence-corrected chi connectivity index (χ3v) is 7.08. The third-order valence-electron chi connectivity index (χ3n) is 3.98. The van der Waals surface area contributed by atoms with Crippen LogP contribution in [-0.2, 0) is 10.8 Å². The molecule has 0 aromatic heterocycles. The Balaban J connectivity index is 1.77. The lowest BCUT2D eigenvalue weighted by Gasteiger charge is -2.14. The van der Waals surface area contributed by atoms with E-state index >= 15 is 0 Å². The Kier molecular flexibility index (Phi) is 4.42. The molecular formula is C16H17F3OS2. The Morgan fingerprint density at radius 3 is 2.64 bits per heavy atom. The molecular weight excluding hydrogens is 329 g/mol. The predicted molar refractivity (Wildman–Crippen MR) is 84.3 cm³/mol. The molecule has 0 radical (unpaired) electrons. The standard InChI is InChI=1S/C16H17F3OS2/c1-10-2-5-12(8-14(10)22(20)9-11-3-4-11)13-6-7-15(21-13)16(17,18)19/h2,5,7-8,11,13H,3-4,6,9H2,1H3. The second kappa shape index (κ2) is 6.04. The number of halogens is 3. The van der Waals surface area contributed by atoms with Crippen molar-refractivity contribution in [2.45, 2.75) is 42.5 Å². The minimum Gasteiger partial charge on any atom is -0.254 e. The van der Waals surface area contributed by atoms with Crippen LogP contribution in [0.3, 0.4) is 0 Å². The molecule has 0 amide bonds. The van der Waals surface area contributed by atoms with E-state index in [4.69, 9.17) is 0 Å². The van der Waals surface area contributed by atoms with Gasteiger partial charge in [0, 0.05) is 15.9 Å². The molecule has 2 atom stereocenters. The molecule has 1 aliphatic carbocycles. The molecule has 6 heteroatoms. The number of hydrogen-bond donors (Lipinski definition) is 0. The third kappa shape index (κ3) is 3.59. The lowest BCUT2D eigenvalue weighted by Crippen LogP contribution is -2.07. The topological polar surface area (TPSA) is 17.1 Å². The van der Waals surface area contributed by atoms with Crippen LogP contribution in [0, 0.1) is 12.8 Å². The highest BCUT2D eigenvalue weighted by atomic mass is 32.2. The summed E-state index contributed by atoms with van der Waals surface area (Å²) in [6.45, 7) is 1.91. The molecule has 1 nitrogen and oxygen atoms in total. The summed E-state index contributed by atoms with van der Waals surface area (Å²) in [6.07, 6.45) is -0.349. The molecule has 0 N–H and O–H groups in total. The van der Waals surface area contributed by atoms with Gasteiger partial charge in [0.25, 0.3) is 0 Å². The number of hydrogen-bond acceptors (Lipinski definition) is 2. The van der Waals surface area contributed by atoms with Gasteiger partial charge in [-0.05, 0) is 49.3 Å². The Morgan fingerprint density at radius 2 is 2.05 bits per heavy atom. The van der Waals surface area contributed by atoms with E-state index < -0.39 is 21.9 Å². The summed E-state index contributed by atoms with van der Waals surface area (Å²) in [5.41, 5.74) is 1.79. The molecule has 1 aromatic carbocycles. The fourth-order valence-corrected chi connectivity index (χ4v) is 5.24. The maximum Gasteiger partial charge on any atom is 0.421 e. The molecule has 0 saturated heterocycles. The highest BCUT2D eigenvalue weighted by Gasteiger charge is 2.39. The van der Waals surface area contributed by atoms with Crippen LogP contribution in [-0.4, -0.2) is 16.1 Å². The van der Waals surface area contributed by atoms with Crippen molar-refractivity contribution in [3.05, 3.63) is 40.3 Å². The molecule has 1 aliphatic heterocycles. The summed E-state index contributed by atoms with van der Waals surface area (Å²) < 4.78 is 50.6. The van der Waals surface area contributed by atoms with E-state index in [0.29, 0.717) is 18.1 Å².